The zero-order chi connectivity index (χ0) is 13.3. The molecule has 0 aliphatic rings. The van der Waals surface area contributed by atoms with Crippen LogP contribution in [0.3, 0.4) is 0 Å². The number of pyridine rings is 1. The third-order valence-corrected chi connectivity index (χ3v) is 2.63. The second kappa shape index (κ2) is 4.52. The van der Waals surface area contributed by atoms with E-state index in [4.69, 9.17) is 5.73 Å². The van der Waals surface area contributed by atoms with Crippen molar-refractivity contribution in [3.8, 4) is 0 Å². The van der Waals surface area contributed by atoms with Crippen molar-refractivity contribution >= 4 is 5.82 Å². The molecule has 3 N–H and O–H groups in total. The van der Waals surface area contributed by atoms with Gasteiger partial charge in [0.2, 0.25) is 0 Å². The number of halogens is 3. The fourth-order valence-electron chi connectivity index (χ4n) is 1.11. The smallest absolute Gasteiger partial charge is 0.364 e. The van der Waals surface area contributed by atoms with E-state index in [1.807, 2.05) is 0 Å². The summed E-state index contributed by atoms with van der Waals surface area (Å²) >= 11 is 0. The van der Waals surface area contributed by atoms with E-state index in [9.17, 15) is 13.2 Å². The van der Waals surface area contributed by atoms with Crippen LogP contribution in [0, 0.1) is 0 Å². The molecule has 0 aromatic carbocycles. The lowest BCUT2D eigenvalue weighted by Crippen LogP contribution is -2.47. The molecule has 1 aromatic heterocycles. The average Bonchev–Trinajstić information content (AvgIpc) is 2.15. The van der Waals surface area contributed by atoms with Crippen LogP contribution in [0.5, 0.6) is 0 Å². The number of rotatable bonds is 3. The summed E-state index contributed by atoms with van der Waals surface area (Å²) in [5, 5.41) is 2.89. The van der Waals surface area contributed by atoms with Gasteiger partial charge < -0.3 is 11.1 Å². The second-order valence-corrected chi connectivity index (χ2v) is 4.54. The first-order valence-corrected chi connectivity index (χ1v) is 5.21. The van der Waals surface area contributed by atoms with Crippen molar-refractivity contribution in [1.82, 2.24) is 4.98 Å². The highest BCUT2D eigenvalue weighted by Crippen LogP contribution is 2.28. The number of aromatic nitrogens is 1. The molecule has 1 atom stereocenters. The molecule has 0 fully saturated rings. The minimum absolute atomic E-state index is 0.169. The highest BCUT2D eigenvalue weighted by molar-refractivity contribution is 5.39. The average molecular weight is 247 g/mol. The number of alkyl halides is 3. The monoisotopic (exact) mass is 247 g/mol. The Morgan fingerprint density at radius 2 is 1.88 bits per heavy atom. The number of nitrogens with zero attached hydrogens (tertiary/aromatic N) is 1. The van der Waals surface area contributed by atoms with E-state index in [0.29, 0.717) is 0 Å². The Hall–Kier alpha value is -1.30. The van der Waals surface area contributed by atoms with Crippen molar-refractivity contribution in [1.29, 1.82) is 0 Å². The molecule has 0 amide bonds. The Morgan fingerprint density at radius 3 is 2.35 bits per heavy atom. The Balaban J connectivity index is 2.94. The van der Waals surface area contributed by atoms with Crippen LogP contribution in [-0.2, 0) is 6.18 Å². The standard InChI is InChI=1S/C11H16F3N3/c1-7(15)10(2,3)17-9-6-4-5-8(16-9)11(12,13)14/h4-7H,15H2,1-3H3,(H,16,17). The molecule has 0 aliphatic carbocycles. The van der Waals surface area contributed by atoms with E-state index in [-0.39, 0.29) is 11.9 Å². The molecule has 96 valence electrons. The lowest BCUT2D eigenvalue weighted by Gasteiger charge is -2.31. The zero-order valence-corrected chi connectivity index (χ0v) is 9.97. The van der Waals surface area contributed by atoms with Crippen molar-refractivity contribution in [3.63, 3.8) is 0 Å². The topological polar surface area (TPSA) is 50.9 Å². The zero-order valence-electron chi connectivity index (χ0n) is 9.97. The molecule has 1 heterocycles. The molecular weight excluding hydrogens is 231 g/mol. The summed E-state index contributed by atoms with van der Waals surface area (Å²) < 4.78 is 37.3. The molecule has 0 spiro atoms. The van der Waals surface area contributed by atoms with Crippen LogP contribution in [0.15, 0.2) is 18.2 Å². The summed E-state index contributed by atoms with van der Waals surface area (Å²) in [5.41, 5.74) is 4.28. The van der Waals surface area contributed by atoms with E-state index >= 15 is 0 Å². The molecule has 1 rings (SSSR count). The third-order valence-electron chi connectivity index (χ3n) is 2.63. The van der Waals surface area contributed by atoms with Crippen LogP contribution >= 0.6 is 0 Å². The molecule has 1 aromatic rings. The van der Waals surface area contributed by atoms with Gasteiger partial charge in [0.1, 0.15) is 11.5 Å². The normalized spacial score (nSPS) is 14.5. The maximum Gasteiger partial charge on any atom is 0.433 e. The van der Waals surface area contributed by atoms with Crippen LogP contribution in [0.2, 0.25) is 0 Å². The third kappa shape index (κ3) is 3.59. The van der Waals surface area contributed by atoms with Crippen molar-refractivity contribution in [2.45, 2.75) is 38.5 Å². The molecular formula is C11H16F3N3. The Bertz CT molecular complexity index is 386. The Morgan fingerprint density at radius 1 is 1.29 bits per heavy atom. The second-order valence-electron chi connectivity index (χ2n) is 4.54. The fourth-order valence-corrected chi connectivity index (χ4v) is 1.11. The Kier molecular flexibility index (Phi) is 3.66. The van der Waals surface area contributed by atoms with Crippen molar-refractivity contribution in [2.24, 2.45) is 5.73 Å². The minimum Gasteiger partial charge on any atom is -0.364 e. The first-order chi connectivity index (χ1) is 7.63. The minimum atomic E-state index is -4.43. The van der Waals surface area contributed by atoms with E-state index < -0.39 is 17.4 Å². The molecule has 0 saturated heterocycles. The van der Waals surface area contributed by atoms with E-state index in [1.54, 1.807) is 20.8 Å². The first-order valence-electron chi connectivity index (χ1n) is 5.21. The number of nitrogens with two attached hydrogens (primary N) is 1. The van der Waals surface area contributed by atoms with E-state index in [1.165, 1.54) is 12.1 Å². The number of nitrogens with one attached hydrogen (secondary N) is 1. The van der Waals surface area contributed by atoms with Crippen molar-refractivity contribution in [2.75, 3.05) is 5.32 Å². The summed E-state index contributed by atoms with van der Waals surface area (Å²) in [4.78, 5) is 3.52. The molecule has 17 heavy (non-hydrogen) atoms. The quantitative estimate of drug-likeness (QED) is 0.863. The summed E-state index contributed by atoms with van der Waals surface area (Å²) in [6.45, 7) is 5.39. The predicted molar refractivity (Wildman–Crippen MR) is 60.6 cm³/mol. The molecule has 0 aliphatic heterocycles. The molecule has 0 bridgehead atoms. The largest absolute Gasteiger partial charge is 0.433 e. The molecule has 0 radical (unpaired) electrons. The van der Waals surface area contributed by atoms with Crippen molar-refractivity contribution in [3.05, 3.63) is 23.9 Å². The van der Waals surface area contributed by atoms with Gasteiger partial charge in [-0.3, -0.25) is 0 Å². The fraction of sp³-hybridized carbons (Fsp3) is 0.545. The number of anilines is 1. The van der Waals surface area contributed by atoms with Gasteiger partial charge in [0, 0.05) is 11.6 Å². The number of hydrogen-bond donors (Lipinski definition) is 2. The van der Waals surface area contributed by atoms with Gasteiger partial charge in [-0.15, -0.1) is 0 Å². The summed E-state index contributed by atoms with van der Waals surface area (Å²) in [7, 11) is 0. The van der Waals surface area contributed by atoms with E-state index in [0.717, 1.165) is 6.07 Å². The Labute approximate surface area is 98.2 Å². The first kappa shape index (κ1) is 13.8. The van der Waals surface area contributed by atoms with Gasteiger partial charge in [0.15, 0.2) is 0 Å². The maximum absolute atomic E-state index is 12.4. The van der Waals surface area contributed by atoms with Gasteiger partial charge >= 0.3 is 6.18 Å². The van der Waals surface area contributed by atoms with Gasteiger partial charge in [-0.25, -0.2) is 4.98 Å². The van der Waals surface area contributed by atoms with Gasteiger partial charge in [-0.05, 0) is 32.9 Å². The molecule has 1 unspecified atom stereocenters. The van der Waals surface area contributed by atoms with Crippen LogP contribution in [0.1, 0.15) is 26.5 Å². The maximum atomic E-state index is 12.4. The highest BCUT2D eigenvalue weighted by Gasteiger charge is 2.33. The molecule has 6 heteroatoms. The highest BCUT2D eigenvalue weighted by atomic mass is 19.4. The van der Waals surface area contributed by atoms with Gasteiger partial charge in [-0.1, -0.05) is 6.07 Å². The van der Waals surface area contributed by atoms with Gasteiger partial charge in [0.05, 0.1) is 0 Å². The summed E-state index contributed by atoms with van der Waals surface area (Å²) in [6, 6.07) is 3.51. The van der Waals surface area contributed by atoms with Crippen molar-refractivity contribution < 1.29 is 13.2 Å². The lowest BCUT2D eigenvalue weighted by molar-refractivity contribution is -0.141. The summed E-state index contributed by atoms with van der Waals surface area (Å²) in [6.07, 6.45) is -4.43. The number of hydrogen-bond acceptors (Lipinski definition) is 3. The SMILES string of the molecule is CC(N)C(C)(C)Nc1cccc(C(F)(F)F)n1. The van der Waals surface area contributed by atoms with Crippen LogP contribution in [-0.4, -0.2) is 16.6 Å². The van der Waals surface area contributed by atoms with Gasteiger partial charge in [0.25, 0.3) is 0 Å². The summed E-state index contributed by atoms with van der Waals surface area (Å²) in [5.74, 6) is 0.169. The van der Waals surface area contributed by atoms with Crippen LogP contribution in [0.25, 0.3) is 0 Å². The van der Waals surface area contributed by atoms with E-state index in [2.05, 4.69) is 10.3 Å². The molecule has 0 saturated carbocycles. The van der Waals surface area contributed by atoms with Crippen LogP contribution < -0.4 is 11.1 Å². The predicted octanol–water partition coefficient (Wildman–Crippen LogP) is 2.64. The lowest BCUT2D eigenvalue weighted by atomic mass is 9.97. The van der Waals surface area contributed by atoms with Gasteiger partial charge in [-0.2, -0.15) is 13.2 Å². The van der Waals surface area contributed by atoms with Crippen LogP contribution in [0.4, 0.5) is 19.0 Å². The molecule has 3 nitrogen and oxygen atoms in total.